The number of unbranched alkanes of at least 4 members (excludes halogenated alkanes) is 4. The third-order valence-electron chi connectivity index (χ3n) is 2.19. The van der Waals surface area contributed by atoms with Crippen LogP contribution >= 0.6 is 0 Å². The molecule has 1 rings (SSSR count). The fraction of sp³-hybridized carbons (Fsp3) is 0.636. The van der Waals surface area contributed by atoms with Crippen LogP contribution in [0, 0.1) is 0 Å². The normalized spacial score (nSPS) is 10.4. The lowest BCUT2D eigenvalue weighted by atomic mass is 10.1. The van der Waals surface area contributed by atoms with Crippen molar-refractivity contribution in [1.29, 1.82) is 0 Å². The predicted octanol–water partition coefficient (Wildman–Crippen LogP) is 3.46. The first-order valence-corrected chi connectivity index (χ1v) is 5.04. The van der Waals surface area contributed by atoms with E-state index in [1.807, 2.05) is 0 Å². The van der Waals surface area contributed by atoms with Crippen LogP contribution in [0.1, 0.15) is 39.0 Å². The molecule has 0 N–H and O–H groups in total. The molecule has 0 aliphatic rings. The monoisotopic (exact) mass is 165 g/mol. The van der Waals surface area contributed by atoms with E-state index in [0.29, 0.717) is 0 Å². The second-order valence-corrected chi connectivity index (χ2v) is 3.34. The van der Waals surface area contributed by atoms with Crippen LogP contribution in [0.4, 0.5) is 0 Å². The van der Waals surface area contributed by atoms with E-state index in [1.165, 1.54) is 38.6 Å². The van der Waals surface area contributed by atoms with Crippen LogP contribution in [-0.2, 0) is 6.54 Å². The van der Waals surface area contributed by atoms with Gasteiger partial charge in [-0.3, -0.25) is 0 Å². The summed E-state index contributed by atoms with van der Waals surface area (Å²) in [5.41, 5.74) is 0. The van der Waals surface area contributed by atoms with Gasteiger partial charge >= 0.3 is 0 Å². The van der Waals surface area contributed by atoms with E-state index in [4.69, 9.17) is 0 Å². The Bertz CT molecular complexity index is 177. The van der Waals surface area contributed by atoms with Gasteiger partial charge in [0.25, 0.3) is 0 Å². The topological polar surface area (TPSA) is 4.93 Å². The molecular formula is C11H19N. The Kier molecular flexibility index (Phi) is 4.58. The molecule has 0 saturated carbocycles. The lowest BCUT2D eigenvalue weighted by molar-refractivity contribution is 0.570. The largest absolute Gasteiger partial charge is 0.354 e. The van der Waals surface area contributed by atoms with Crippen LogP contribution in [0.3, 0.4) is 0 Å². The van der Waals surface area contributed by atoms with Crippen molar-refractivity contribution in [3.63, 3.8) is 0 Å². The number of hydrogen-bond acceptors (Lipinski definition) is 0. The maximum Gasteiger partial charge on any atom is 0.0219 e. The lowest BCUT2D eigenvalue weighted by Gasteiger charge is -2.01. The van der Waals surface area contributed by atoms with Gasteiger partial charge in [-0.1, -0.05) is 32.6 Å². The standard InChI is InChI=1S/C11H19N/c1-2-3-4-5-6-9-12-10-7-8-11-12/h7-8,10-11H,2-6,9H2,1H3. The number of aromatic nitrogens is 1. The van der Waals surface area contributed by atoms with Crippen LogP contribution in [0.15, 0.2) is 24.5 Å². The van der Waals surface area contributed by atoms with E-state index in [0.717, 1.165) is 0 Å². The second-order valence-electron chi connectivity index (χ2n) is 3.34. The lowest BCUT2D eigenvalue weighted by Crippen LogP contribution is -1.93. The summed E-state index contributed by atoms with van der Waals surface area (Å²) in [7, 11) is 0. The van der Waals surface area contributed by atoms with Gasteiger partial charge in [-0.15, -0.1) is 0 Å². The molecule has 12 heavy (non-hydrogen) atoms. The summed E-state index contributed by atoms with van der Waals surface area (Å²) in [6.45, 7) is 3.45. The second kappa shape index (κ2) is 5.87. The molecule has 0 radical (unpaired) electrons. The number of hydrogen-bond donors (Lipinski definition) is 0. The Labute approximate surface area is 75.4 Å². The van der Waals surface area contributed by atoms with E-state index >= 15 is 0 Å². The van der Waals surface area contributed by atoms with Crippen molar-refractivity contribution in [2.45, 2.75) is 45.6 Å². The van der Waals surface area contributed by atoms with E-state index in [-0.39, 0.29) is 0 Å². The molecule has 1 aromatic heterocycles. The van der Waals surface area contributed by atoms with Crippen molar-refractivity contribution in [2.24, 2.45) is 0 Å². The smallest absolute Gasteiger partial charge is 0.0219 e. The van der Waals surface area contributed by atoms with Crippen LogP contribution < -0.4 is 0 Å². The summed E-state index contributed by atoms with van der Waals surface area (Å²) in [4.78, 5) is 0. The highest BCUT2D eigenvalue weighted by molar-refractivity contribution is 4.89. The minimum atomic E-state index is 1.19. The average molecular weight is 165 g/mol. The molecule has 0 fully saturated rings. The minimum absolute atomic E-state index is 1.19. The molecule has 0 spiro atoms. The fourth-order valence-electron chi connectivity index (χ4n) is 1.42. The number of aryl methyl sites for hydroxylation is 1. The van der Waals surface area contributed by atoms with Gasteiger partial charge in [0.05, 0.1) is 0 Å². The van der Waals surface area contributed by atoms with Gasteiger partial charge in [-0.05, 0) is 18.6 Å². The zero-order chi connectivity index (χ0) is 8.65. The van der Waals surface area contributed by atoms with Gasteiger partial charge in [-0.2, -0.15) is 0 Å². The van der Waals surface area contributed by atoms with Crippen molar-refractivity contribution < 1.29 is 0 Å². The number of rotatable bonds is 6. The molecule has 0 amide bonds. The molecule has 0 aliphatic carbocycles. The molecule has 1 nitrogen and oxygen atoms in total. The molecular weight excluding hydrogens is 146 g/mol. The summed E-state index contributed by atoms with van der Waals surface area (Å²) in [5, 5.41) is 0. The van der Waals surface area contributed by atoms with E-state index in [9.17, 15) is 0 Å². The van der Waals surface area contributed by atoms with E-state index in [1.54, 1.807) is 0 Å². The number of nitrogens with zero attached hydrogens (tertiary/aromatic N) is 1. The van der Waals surface area contributed by atoms with E-state index < -0.39 is 0 Å². The highest BCUT2D eigenvalue weighted by atomic mass is 14.9. The molecule has 1 aromatic rings. The first-order chi connectivity index (χ1) is 5.93. The average Bonchev–Trinajstić information content (AvgIpc) is 2.57. The van der Waals surface area contributed by atoms with Gasteiger partial charge in [0.15, 0.2) is 0 Å². The SMILES string of the molecule is CCCCCCCn1cccc1. The molecule has 0 aromatic carbocycles. The van der Waals surface area contributed by atoms with Crippen molar-refractivity contribution in [2.75, 3.05) is 0 Å². The third-order valence-corrected chi connectivity index (χ3v) is 2.19. The molecule has 0 bridgehead atoms. The quantitative estimate of drug-likeness (QED) is 0.569. The molecule has 0 saturated heterocycles. The highest BCUT2D eigenvalue weighted by Gasteiger charge is 1.89. The highest BCUT2D eigenvalue weighted by Crippen LogP contribution is 2.04. The van der Waals surface area contributed by atoms with Crippen molar-refractivity contribution in [3.8, 4) is 0 Å². The van der Waals surface area contributed by atoms with Gasteiger partial charge in [-0.25, -0.2) is 0 Å². The van der Waals surface area contributed by atoms with Crippen LogP contribution in [-0.4, -0.2) is 4.57 Å². The van der Waals surface area contributed by atoms with Gasteiger partial charge in [0, 0.05) is 18.9 Å². The maximum absolute atomic E-state index is 2.26. The Morgan fingerprint density at radius 1 is 0.917 bits per heavy atom. The molecule has 0 atom stereocenters. The Morgan fingerprint density at radius 2 is 1.58 bits per heavy atom. The Hall–Kier alpha value is -0.720. The summed E-state index contributed by atoms with van der Waals surface area (Å²) in [6, 6.07) is 4.18. The first kappa shape index (κ1) is 9.37. The summed E-state index contributed by atoms with van der Waals surface area (Å²) in [6.07, 6.45) is 11.1. The third kappa shape index (κ3) is 3.61. The van der Waals surface area contributed by atoms with Crippen LogP contribution in [0.2, 0.25) is 0 Å². The zero-order valence-electron chi connectivity index (χ0n) is 8.00. The predicted molar refractivity (Wildman–Crippen MR) is 53.2 cm³/mol. The Balaban J connectivity index is 1.96. The maximum atomic E-state index is 2.26. The van der Waals surface area contributed by atoms with Crippen LogP contribution in [0.25, 0.3) is 0 Å². The molecule has 0 unspecified atom stereocenters. The first-order valence-electron chi connectivity index (χ1n) is 5.04. The molecule has 1 heteroatoms. The van der Waals surface area contributed by atoms with Crippen molar-refractivity contribution in [3.05, 3.63) is 24.5 Å². The van der Waals surface area contributed by atoms with Gasteiger partial charge in [0.1, 0.15) is 0 Å². The summed E-state index contributed by atoms with van der Waals surface area (Å²) in [5.74, 6) is 0. The van der Waals surface area contributed by atoms with Gasteiger partial charge < -0.3 is 4.57 Å². The fourth-order valence-corrected chi connectivity index (χ4v) is 1.42. The molecule has 0 aliphatic heterocycles. The summed E-state index contributed by atoms with van der Waals surface area (Å²) >= 11 is 0. The summed E-state index contributed by atoms with van der Waals surface area (Å²) < 4.78 is 2.26. The van der Waals surface area contributed by atoms with Crippen LogP contribution in [0.5, 0.6) is 0 Å². The van der Waals surface area contributed by atoms with E-state index in [2.05, 4.69) is 36.0 Å². The minimum Gasteiger partial charge on any atom is -0.354 e. The van der Waals surface area contributed by atoms with Crippen molar-refractivity contribution in [1.82, 2.24) is 4.57 Å². The van der Waals surface area contributed by atoms with Crippen molar-refractivity contribution >= 4 is 0 Å². The molecule has 68 valence electrons. The Morgan fingerprint density at radius 3 is 2.25 bits per heavy atom. The zero-order valence-corrected chi connectivity index (χ0v) is 8.00. The van der Waals surface area contributed by atoms with Gasteiger partial charge in [0.2, 0.25) is 0 Å². The molecule has 1 heterocycles.